The molecule has 0 saturated carbocycles. The van der Waals surface area contributed by atoms with Gasteiger partial charge in [0.25, 0.3) is 0 Å². The van der Waals surface area contributed by atoms with Gasteiger partial charge in [-0.2, -0.15) is 4.98 Å². The number of nitrogens with zero attached hydrogens (tertiary/aromatic N) is 1. The van der Waals surface area contributed by atoms with Gasteiger partial charge in [0.1, 0.15) is 0 Å². The van der Waals surface area contributed by atoms with Crippen LogP contribution in [0.5, 0.6) is 0 Å². The smallest absolute Gasteiger partial charge is 0.345 e. The van der Waals surface area contributed by atoms with E-state index >= 15 is 0 Å². The lowest BCUT2D eigenvalue weighted by atomic mass is 9.98. The Kier molecular flexibility index (Phi) is 4.64. The topological polar surface area (TPSA) is 55.0 Å². The zero-order valence-electron chi connectivity index (χ0n) is 13.6. The third-order valence-electron chi connectivity index (χ3n) is 4.22. The van der Waals surface area contributed by atoms with Crippen LogP contribution in [0.25, 0.3) is 22.9 Å². The van der Waals surface area contributed by atoms with E-state index in [-0.39, 0.29) is 0 Å². The molecule has 0 bridgehead atoms. The number of rotatable bonds is 2. The summed E-state index contributed by atoms with van der Waals surface area (Å²) in [6, 6.07) is 14.9. The molecular formula is C20H14Cl2N2O2. The Bertz CT molecular complexity index is 1070. The standard InChI is InChI=1S/C20H14Cl2N2O2/c21-16-7-3-1-5-12(16)9-13-10-26-11-15-18(13)23-20(25)24-19(15)14-6-2-4-8-17(14)22/h1-9H,10-11H2,(H,23,24,25)/b13-9+. The second-order valence-electron chi connectivity index (χ2n) is 5.91. The molecule has 6 heteroatoms. The van der Waals surface area contributed by atoms with Crippen molar-refractivity contribution < 1.29 is 4.74 Å². The van der Waals surface area contributed by atoms with E-state index < -0.39 is 5.69 Å². The Hall–Kier alpha value is -2.40. The Morgan fingerprint density at radius 3 is 2.50 bits per heavy atom. The average Bonchev–Trinajstić information content (AvgIpc) is 2.64. The highest BCUT2D eigenvalue weighted by Crippen LogP contribution is 2.34. The van der Waals surface area contributed by atoms with Gasteiger partial charge >= 0.3 is 5.69 Å². The van der Waals surface area contributed by atoms with Gasteiger partial charge in [-0.1, -0.05) is 59.6 Å². The predicted octanol–water partition coefficient (Wildman–Crippen LogP) is 4.81. The van der Waals surface area contributed by atoms with Gasteiger partial charge in [0, 0.05) is 26.7 Å². The van der Waals surface area contributed by atoms with Crippen LogP contribution in [0.3, 0.4) is 0 Å². The van der Waals surface area contributed by atoms with Crippen LogP contribution < -0.4 is 5.69 Å². The van der Waals surface area contributed by atoms with Gasteiger partial charge in [0.15, 0.2) is 0 Å². The monoisotopic (exact) mass is 384 g/mol. The first-order chi connectivity index (χ1) is 12.6. The van der Waals surface area contributed by atoms with Crippen molar-refractivity contribution in [1.82, 2.24) is 9.97 Å². The summed E-state index contributed by atoms with van der Waals surface area (Å²) in [6.07, 6.45) is 1.91. The lowest BCUT2D eigenvalue weighted by Gasteiger charge is -2.21. The highest BCUT2D eigenvalue weighted by molar-refractivity contribution is 6.33. The van der Waals surface area contributed by atoms with Crippen LogP contribution in [0, 0.1) is 0 Å². The van der Waals surface area contributed by atoms with Crippen molar-refractivity contribution >= 4 is 34.9 Å². The number of H-pyrrole nitrogens is 1. The number of benzene rings is 2. The van der Waals surface area contributed by atoms with Gasteiger partial charge in [0.05, 0.1) is 24.6 Å². The van der Waals surface area contributed by atoms with Gasteiger partial charge in [-0.25, -0.2) is 4.79 Å². The van der Waals surface area contributed by atoms with Gasteiger partial charge in [-0.05, 0) is 23.8 Å². The third-order valence-corrected chi connectivity index (χ3v) is 4.89. The molecule has 1 N–H and O–H groups in total. The minimum absolute atomic E-state index is 0.347. The fraction of sp³-hybridized carbons (Fsp3) is 0.100. The summed E-state index contributed by atoms with van der Waals surface area (Å²) in [5, 5.41) is 1.18. The van der Waals surface area contributed by atoms with E-state index in [1.807, 2.05) is 48.5 Å². The lowest BCUT2D eigenvalue weighted by Crippen LogP contribution is -2.22. The van der Waals surface area contributed by atoms with Crippen LogP contribution in [-0.2, 0) is 11.3 Å². The molecule has 26 heavy (non-hydrogen) atoms. The van der Waals surface area contributed by atoms with E-state index in [0.29, 0.717) is 34.6 Å². The molecule has 2 heterocycles. The minimum Gasteiger partial charge on any atom is -0.372 e. The quantitative estimate of drug-likeness (QED) is 0.689. The van der Waals surface area contributed by atoms with Gasteiger partial charge < -0.3 is 9.72 Å². The fourth-order valence-electron chi connectivity index (χ4n) is 3.02. The number of aromatic nitrogens is 2. The number of halogens is 2. The molecule has 4 nitrogen and oxygen atoms in total. The molecule has 0 saturated heterocycles. The van der Waals surface area contributed by atoms with E-state index in [2.05, 4.69) is 9.97 Å². The van der Waals surface area contributed by atoms with E-state index in [1.54, 1.807) is 6.07 Å². The molecule has 0 atom stereocenters. The van der Waals surface area contributed by atoms with Crippen molar-refractivity contribution in [2.45, 2.75) is 6.61 Å². The first kappa shape index (κ1) is 17.0. The number of hydrogen-bond acceptors (Lipinski definition) is 3. The largest absolute Gasteiger partial charge is 0.372 e. The molecule has 0 amide bonds. The van der Waals surface area contributed by atoms with Crippen LogP contribution >= 0.6 is 23.2 Å². The maximum atomic E-state index is 12.2. The first-order valence-corrected chi connectivity index (χ1v) is 8.80. The van der Waals surface area contributed by atoms with Crippen LogP contribution in [0.15, 0.2) is 53.3 Å². The number of nitrogens with one attached hydrogen (secondary N) is 1. The van der Waals surface area contributed by atoms with Crippen LogP contribution in [-0.4, -0.2) is 16.6 Å². The van der Waals surface area contributed by atoms with E-state index in [1.165, 1.54) is 0 Å². The average molecular weight is 385 g/mol. The first-order valence-electron chi connectivity index (χ1n) is 8.05. The molecular weight excluding hydrogens is 371 g/mol. The maximum absolute atomic E-state index is 12.2. The van der Waals surface area contributed by atoms with Crippen LogP contribution in [0.4, 0.5) is 0 Å². The number of hydrogen-bond donors (Lipinski definition) is 1. The van der Waals surface area contributed by atoms with Crippen molar-refractivity contribution in [1.29, 1.82) is 0 Å². The second-order valence-corrected chi connectivity index (χ2v) is 6.72. The van der Waals surface area contributed by atoms with Crippen molar-refractivity contribution in [3.8, 4) is 11.3 Å². The summed E-state index contributed by atoms with van der Waals surface area (Å²) < 4.78 is 5.75. The van der Waals surface area contributed by atoms with Gasteiger partial charge in [-0.15, -0.1) is 0 Å². The Balaban J connectivity index is 1.92. The zero-order chi connectivity index (χ0) is 18.1. The predicted molar refractivity (Wildman–Crippen MR) is 104 cm³/mol. The number of aromatic amines is 1. The summed E-state index contributed by atoms with van der Waals surface area (Å²) >= 11 is 12.6. The van der Waals surface area contributed by atoms with Gasteiger partial charge in [-0.3, -0.25) is 0 Å². The van der Waals surface area contributed by atoms with Crippen LogP contribution in [0.1, 0.15) is 16.8 Å². The Labute approximate surface area is 160 Å². The molecule has 3 aromatic rings. The van der Waals surface area contributed by atoms with E-state index in [4.69, 9.17) is 27.9 Å². The molecule has 1 aliphatic heterocycles. The highest BCUT2D eigenvalue weighted by Gasteiger charge is 2.22. The molecule has 0 unspecified atom stereocenters. The van der Waals surface area contributed by atoms with Gasteiger partial charge in [0.2, 0.25) is 0 Å². The molecule has 0 spiro atoms. The molecule has 130 valence electrons. The summed E-state index contributed by atoms with van der Waals surface area (Å²) in [7, 11) is 0. The SMILES string of the molecule is O=c1nc2c(c(-c3ccccc3Cl)[nH]1)COC/C2=C\c1ccccc1Cl. The van der Waals surface area contributed by atoms with Crippen molar-refractivity contribution in [2.24, 2.45) is 0 Å². The fourth-order valence-corrected chi connectivity index (χ4v) is 3.44. The third kappa shape index (κ3) is 3.19. The zero-order valence-corrected chi connectivity index (χ0v) is 15.1. The molecule has 1 aromatic heterocycles. The molecule has 0 aliphatic carbocycles. The van der Waals surface area contributed by atoms with E-state index in [9.17, 15) is 4.79 Å². The second kappa shape index (κ2) is 7.08. The molecule has 4 rings (SSSR count). The minimum atomic E-state index is -0.425. The lowest BCUT2D eigenvalue weighted by molar-refractivity contribution is 0.146. The number of fused-ring (bicyclic) bond motifs is 1. The summed E-state index contributed by atoms with van der Waals surface area (Å²) in [6.45, 7) is 0.705. The van der Waals surface area contributed by atoms with Crippen molar-refractivity contribution in [3.63, 3.8) is 0 Å². The van der Waals surface area contributed by atoms with Crippen LogP contribution in [0.2, 0.25) is 10.0 Å². The van der Waals surface area contributed by atoms with E-state index in [0.717, 1.165) is 22.3 Å². The summed E-state index contributed by atoms with van der Waals surface area (Å²) in [4.78, 5) is 19.2. The normalized spacial score (nSPS) is 15.1. The Morgan fingerprint density at radius 2 is 1.73 bits per heavy atom. The molecule has 0 radical (unpaired) electrons. The molecule has 0 fully saturated rings. The molecule has 2 aromatic carbocycles. The number of ether oxygens (including phenoxy) is 1. The Morgan fingerprint density at radius 1 is 1.00 bits per heavy atom. The molecule has 1 aliphatic rings. The summed E-state index contributed by atoms with van der Waals surface area (Å²) in [5.74, 6) is 0. The van der Waals surface area contributed by atoms with Crippen molar-refractivity contribution in [3.05, 3.63) is 85.9 Å². The summed E-state index contributed by atoms with van der Waals surface area (Å²) in [5.41, 5.74) is 4.03. The maximum Gasteiger partial charge on any atom is 0.345 e. The van der Waals surface area contributed by atoms with Crippen molar-refractivity contribution in [2.75, 3.05) is 6.61 Å². The highest BCUT2D eigenvalue weighted by atomic mass is 35.5.